The lowest BCUT2D eigenvalue weighted by Gasteiger charge is -2.20. The van der Waals surface area contributed by atoms with E-state index in [-0.39, 0.29) is 17.6 Å². The van der Waals surface area contributed by atoms with E-state index in [1.807, 2.05) is 60.7 Å². The molecule has 148 valence electrons. The van der Waals surface area contributed by atoms with Crippen molar-refractivity contribution in [1.82, 2.24) is 5.32 Å². The maximum atomic E-state index is 12.5. The summed E-state index contributed by atoms with van der Waals surface area (Å²) in [5.74, 6) is -0.0629. The summed E-state index contributed by atoms with van der Waals surface area (Å²) in [4.78, 5) is 23.2. The van der Waals surface area contributed by atoms with Gasteiger partial charge in [0, 0.05) is 19.0 Å². The van der Waals surface area contributed by atoms with Gasteiger partial charge in [-0.3, -0.25) is 14.9 Å². The molecule has 6 nitrogen and oxygen atoms in total. The highest BCUT2D eigenvalue weighted by atomic mass is 16.6. The number of nitro benzene ring substituents is 1. The molecule has 0 heterocycles. The summed E-state index contributed by atoms with van der Waals surface area (Å²) in [7, 11) is 0. The van der Waals surface area contributed by atoms with Crippen LogP contribution in [0.4, 0.5) is 11.4 Å². The standard InChI is InChI=1S/C23H23N3O3/c27-22(16-9-17-24-20-14-7-8-15-21(20)26(28)29)25-23(18-10-3-1-4-11-18)19-12-5-2-6-13-19/h1-8,10-15,23-24H,9,16-17H2,(H,25,27). The SMILES string of the molecule is O=C(CCCNc1ccccc1[N+](=O)[O-])NC(c1ccccc1)c1ccccc1. The molecule has 3 aromatic carbocycles. The summed E-state index contributed by atoms with van der Waals surface area (Å²) in [6.45, 7) is 0.472. The molecule has 0 saturated heterocycles. The minimum absolute atomic E-state index is 0.0326. The molecule has 0 saturated carbocycles. The molecule has 0 fully saturated rings. The van der Waals surface area contributed by atoms with Crippen LogP contribution in [-0.4, -0.2) is 17.4 Å². The number of hydrogen-bond donors (Lipinski definition) is 2. The molecule has 2 N–H and O–H groups in total. The third kappa shape index (κ3) is 5.65. The quantitative estimate of drug-likeness (QED) is 0.316. The third-order valence-corrected chi connectivity index (χ3v) is 4.57. The molecule has 3 aromatic rings. The van der Waals surface area contributed by atoms with Crippen molar-refractivity contribution in [3.05, 3.63) is 106 Å². The Bertz CT molecular complexity index is 906. The molecule has 1 amide bonds. The van der Waals surface area contributed by atoms with Gasteiger partial charge in [-0.05, 0) is 23.6 Å². The molecule has 0 unspecified atom stereocenters. The Hall–Kier alpha value is -3.67. The number of anilines is 1. The van der Waals surface area contributed by atoms with E-state index in [2.05, 4.69) is 10.6 Å². The molecule has 6 heteroatoms. The van der Waals surface area contributed by atoms with E-state index in [0.29, 0.717) is 25.1 Å². The van der Waals surface area contributed by atoms with Crippen molar-refractivity contribution in [3.63, 3.8) is 0 Å². The van der Waals surface area contributed by atoms with E-state index in [1.165, 1.54) is 6.07 Å². The molecule has 0 spiro atoms. The first-order chi connectivity index (χ1) is 14.1. The van der Waals surface area contributed by atoms with E-state index < -0.39 is 4.92 Å². The number of hydrogen-bond acceptors (Lipinski definition) is 4. The van der Waals surface area contributed by atoms with Gasteiger partial charge in [0.05, 0.1) is 11.0 Å². The second-order valence-corrected chi connectivity index (χ2v) is 6.63. The monoisotopic (exact) mass is 389 g/mol. The fraction of sp³-hybridized carbons (Fsp3) is 0.174. The van der Waals surface area contributed by atoms with Crippen molar-refractivity contribution in [2.75, 3.05) is 11.9 Å². The van der Waals surface area contributed by atoms with Gasteiger partial charge in [-0.25, -0.2) is 0 Å². The van der Waals surface area contributed by atoms with Gasteiger partial charge in [0.15, 0.2) is 0 Å². The summed E-state index contributed by atoms with van der Waals surface area (Å²) in [6, 6.07) is 26.0. The second-order valence-electron chi connectivity index (χ2n) is 6.63. The third-order valence-electron chi connectivity index (χ3n) is 4.57. The number of nitrogens with one attached hydrogen (secondary N) is 2. The molecular weight excluding hydrogens is 366 g/mol. The fourth-order valence-corrected chi connectivity index (χ4v) is 3.14. The van der Waals surface area contributed by atoms with E-state index in [4.69, 9.17) is 0 Å². The summed E-state index contributed by atoms with van der Waals surface area (Å²) >= 11 is 0. The molecule has 0 aliphatic carbocycles. The predicted octanol–water partition coefficient (Wildman–Crippen LogP) is 4.69. The number of benzene rings is 3. The first-order valence-corrected chi connectivity index (χ1v) is 9.51. The smallest absolute Gasteiger partial charge is 0.292 e. The van der Waals surface area contributed by atoms with Gasteiger partial charge in [0.1, 0.15) is 5.69 Å². The Balaban J connectivity index is 1.57. The number of amides is 1. The topological polar surface area (TPSA) is 84.3 Å². The van der Waals surface area contributed by atoms with Gasteiger partial charge >= 0.3 is 0 Å². The van der Waals surface area contributed by atoms with E-state index in [1.54, 1.807) is 18.2 Å². The van der Waals surface area contributed by atoms with Crippen molar-refractivity contribution in [2.45, 2.75) is 18.9 Å². The lowest BCUT2D eigenvalue weighted by atomic mass is 9.98. The fourth-order valence-electron chi connectivity index (χ4n) is 3.14. The minimum Gasteiger partial charge on any atom is -0.379 e. The second kappa shape index (κ2) is 10.0. The van der Waals surface area contributed by atoms with Crippen LogP contribution in [0.25, 0.3) is 0 Å². The number of rotatable bonds is 9. The number of carbonyl (C=O) groups is 1. The Morgan fingerprint density at radius 1 is 0.862 bits per heavy atom. The largest absolute Gasteiger partial charge is 0.379 e. The van der Waals surface area contributed by atoms with E-state index in [0.717, 1.165) is 11.1 Å². The Morgan fingerprint density at radius 2 is 1.41 bits per heavy atom. The molecular formula is C23H23N3O3. The molecule has 3 rings (SSSR count). The van der Waals surface area contributed by atoms with Crippen LogP contribution >= 0.6 is 0 Å². The van der Waals surface area contributed by atoms with Crippen molar-refractivity contribution >= 4 is 17.3 Å². The average Bonchev–Trinajstić information content (AvgIpc) is 2.76. The van der Waals surface area contributed by atoms with Crippen LogP contribution in [0, 0.1) is 10.1 Å². The maximum Gasteiger partial charge on any atom is 0.292 e. The number of carbonyl (C=O) groups excluding carboxylic acids is 1. The summed E-state index contributed by atoms with van der Waals surface area (Å²) in [6.07, 6.45) is 0.887. The van der Waals surface area contributed by atoms with Gasteiger partial charge in [-0.1, -0.05) is 72.8 Å². The minimum atomic E-state index is -0.417. The lowest BCUT2D eigenvalue weighted by Crippen LogP contribution is -2.29. The average molecular weight is 389 g/mol. The van der Waals surface area contributed by atoms with Crippen molar-refractivity contribution in [2.24, 2.45) is 0 Å². The molecule has 0 aliphatic rings. The molecule has 0 aliphatic heterocycles. The van der Waals surface area contributed by atoms with Gasteiger partial charge in [0.2, 0.25) is 5.91 Å². The van der Waals surface area contributed by atoms with Crippen molar-refractivity contribution < 1.29 is 9.72 Å². The highest BCUT2D eigenvalue weighted by Gasteiger charge is 2.16. The summed E-state index contributed by atoms with van der Waals surface area (Å²) in [5.41, 5.74) is 2.53. The molecule has 0 aromatic heterocycles. The van der Waals surface area contributed by atoms with Crippen LogP contribution < -0.4 is 10.6 Å². The van der Waals surface area contributed by atoms with Gasteiger partial charge in [-0.15, -0.1) is 0 Å². The normalized spacial score (nSPS) is 10.5. The first-order valence-electron chi connectivity index (χ1n) is 9.51. The van der Waals surface area contributed by atoms with Gasteiger partial charge in [0.25, 0.3) is 5.69 Å². The highest BCUT2D eigenvalue weighted by Crippen LogP contribution is 2.24. The number of nitrogens with zero attached hydrogens (tertiary/aromatic N) is 1. The zero-order chi connectivity index (χ0) is 20.5. The highest BCUT2D eigenvalue weighted by molar-refractivity contribution is 5.77. The van der Waals surface area contributed by atoms with E-state index in [9.17, 15) is 14.9 Å². The Kier molecular flexibility index (Phi) is 6.95. The van der Waals surface area contributed by atoms with Crippen molar-refractivity contribution in [3.8, 4) is 0 Å². The summed E-state index contributed by atoms with van der Waals surface area (Å²) in [5, 5.41) is 17.2. The Labute approximate surface area is 169 Å². The van der Waals surface area contributed by atoms with Crippen LogP contribution in [0.1, 0.15) is 30.0 Å². The lowest BCUT2D eigenvalue weighted by molar-refractivity contribution is -0.384. The van der Waals surface area contributed by atoms with Crippen LogP contribution in [0.3, 0.4) is 0 Å². The number of nitro groups is 1. The van der Waals surface area contributed by atoms with Gasteiger partial charge in [-0.2, -0.15) is 0 Å². The van der Waals surface area contributed by atoms with Gasteiger partial charge < -0.3 is 10.6 Å². The zero-order valence-electron chi connectivity index (χ0n) is 16.0. The molecule has 29 heavy (non-hydrogen) atoms. The number of para-hydroxylation sites is 2. The zero-order valence-corrected chi connectivity index (χ0v) is 16.0. The van der Waals surface area contributed by atoms with Crippen molar-refractivity contribution in [1.29, 1.82) is 0 Å². The Morgan fingerprint density at radius 3 is 2.00 bits per heavy atom. The molecule has 0 bridgehead atoms. The predicted molar refractivity (Wildman–Crippen MR) is 114 cm³/mol. The maximum absolute atomic E-state index is 12.5. The van der Waals surface area contributed by atoms with Crippen LogP contribution in [0.5, 0.6) is 0 Å². The van der Waals surface area contributed by atoms with E-state index >= 15 is 0 Å². The summed E-state index contributed by atoms with van der Waals surface area (Å²) < 4.78 is 0. The van der Waals surface area contributed by atoms with Crippen LogP contribution in [0.15, 0.2) is 84.9 Å². The first kappa shape index (κ1) is 20.1. The van der Waals surface area contributed by atoms with Crippen LogP contribution in [-0.2, 0) is 4.79 Å². The van der Waals surface area contributed by atoms with Crippen LogP contribution in [0.2, 0.25) is 0 Å². The molecule has 0 atom stereocenters. The molecule has 0 radical (unpaired) electrons.